The van der Waals surface area contributed by atoms with E-state index < -0.39 is 0 Å². The van der Waals surface area contributed by atoms with Crippen LogP contribution in [0.15, 0.2) is 54.6 Å². The fourth-order valence-electron chi connectivity index (χ4n) is 2.76. The molecule has 1 aliphatic rings. The van der Waals surface area contributed by atoms with Crippen LogP contribution in [0.3, 0.4) is 0 Å². The number of rotatable bonds is 5. The minimum absolute atomic E-state index is 0.0211. The zero-order valence-electron chi connectivity index (χ0n) is 14.3. The van der Waals surface area contributed by atoms with Crippen LogP contribution in [0.4, 0.5) is 10.5 Å². The van der Waals surface area contributed by atoms with Crippen LogP contribution in [0.25, 0.3) is 0 Å². The lowest BCUT2D eigenvalue weighted by Gasteiger charge is -2.36. The van der Waals surface area contributed by atoms with Gasteiger partial charge in [0.2, 0.25) is 0 Å². The molecule has 1 heterocycles. The fourth-order valence-corrected chi connectivity index (χ4v) is 2.76. The standard InChI is InChI=1S/C19H23N3O3/c1-24-17-9-7-15(8-10-17)21-19(23)22-12-11-20-13-16(22)14-25-18-5-3-2-4-6-18/h2-10,16,20H,11-14H2,1H3,(H,21,23). The van der Waals surface area contributed by atoms with Crippen LogP contribution in [-0.2, 0) is 0 Å². The van der Waals surface area contributed by atoms with Gasteiger partial charge in [-0.25, -0.2) is 4.79 Å². The second kappa shape index (κ2) is 8.39. The van der Waals surface area contributed by atoms with E-state index in [0.717, 1.165) is 23.7 Å². The monoisotopic (exact) mass is 341 g/mol. The molecule has 3 rings (SSSR count). The zero-order chi connectivity index (χ0) is 17.5. The summed E-state index contributed by atoms with van der Waals surface area (Å²) in [6.07, 6.45) is 0. The highest BCUT2D eigenvalue weighted by molar-refractivity contribution is 5.89. The number of amides is 2. The van der Waals surface area contributed by atoms with E-state index in [1.54, 1.807) is 7.11 Å². The number of benzene rings is 2. The van der Waals surface area contributed by atoms with Gasteiger partial charge in [-0.05, 0) is 36.4 Å². The van der Waals surface area contributed by atoms with Gasteiger partial charge in [0.1, 0.15) is 18.1 Å². The number of para-hydroxylation sites is 1. The van der Waals surface area contributed by atoms with E-state index in [4.69, 9.17) is 9.47 Å². The Bertz CT molecular complexity index is 676. The SMILES string of the molecule is COc1ccc(NC(=O)N2CCNCC2COc2ccccc2)cc1. The second-order valence-electron chi connectivity index (χ2n) is 5.83. The molecule has 1 saturated heterocycles. The molecule has 1 aliphatic heterocycles. The van der Waals surface area contributed by atoms with Gasteiger partial charge in [0.25, 0.3) is 0 Å². The molecule has 1 unspecified atom stereocenters. The Morgan fingerprint density at radius 3 is 2.64 bits per heavy atom. The first kappa shape index (κ1) is 17.1. The van der Waals surface area contributed by atoms with Gasteiger partial charge >= 0.3 is 6.03 Å². The fraction of sp³-hybridized carbons (Fsp3) is 0.316. The quantitative estimate of drug-likeness (QED) is 0.877. The van der Waals surface area contributed by atoms with Crippen molar-refractivity contribution in [3.8, 4) is 11.5 Å². The smallest absolute Gasteiger partial charge is 0.322 e. The number of piperazine rings is 1. The highest BCUT2D eigenvalue weighted by Gasteiger charge is 2.27. The maximum Gasteiger partial charge on any atom is 0.322 e. The summed E-state index contributed by atoms with van der Waals surface area (Å²) in [7, 11) is 1.62. The molecule has 6 nitrogen and oxygen atoms in total. The number of nitrogens with one attached hydrogen (secondary N) is 2. The van der Waals surface area contributed by atoms with Gasteiger partial charge in [-0.3, -0.25) is 0 Å². The van der Waals surface area contributed by atoms with Crippen molar-refractivity contribution >= 4 is 11.7 Å². The summed E-state index contributed by atoms with van der Waals surface area (Å²) in [4.78, 5) is 14.5. The van der Waals surface area contributed by atoms with E-state index in [0.29, 0.717) is 19.7 Å². The molecular formula is C19H23N3O3. The molecule has 0 aromatic heterocycles. The third-order valence-corrected chi connectivity index (χ3v) is 4.14. The van der Waals surface area contributed by atoms with E-state index >= 15 is 0 Å². The minimum atomic E-state index is -0.117. The van der Waals surface area contributed by atoms with Gasteiger partial charge in [0.05, 0.1) is 13.2 Å². The number of methoxy groups -OCH3 is 1. The van der Waals surface area contributed by atoms with Crippen molar-refractivity contribution in [1.82, 2.24) is 10.2 Å². The third-order valence-electron chi connectivity index (χ3n) is 4.14. The van der Waals surface area contributed by atoms with Crippen molar-refractivity contribution < 1.29 is 14.3 Å². The second-order valence-corrected chi connectivity index (χ2v) is 5.83. The number of urea groups is 1. The third kappa shape index (κ3) is 4.64. The molecule has 0 aliphatic carbocycles. The number of hydrogen-bond acceptors (Lipinski definition) is 4. The molecule has 132 valence electrons. The predicted molar refractivity (Wildman–Crippen MR) is 97.3 cm³/mol. The summed E-state index contributed by atoms with van der Waals surface area (Å²) >= 11 is 0. The average molecular weight is 341 g/mol. The van der Waals surface area contributed by atoms with Crippen LogP contribution >= 0.6 is 0 Å². The maximum absolute atomic E-state index is 12.6. The molecule has 0 saturated carbocycles. The van der Waals surface area contributed by atoms with Crippen LogP contribution in [0, 0.1) is 0 Å². The largest absolute Gasteiger partial charge is 0.497 e. The molecule has 2 amide bonds. The van der Waals surface area contributed by atoms with Crippen LogP contribution in [0.1, 0.15) is 0 Å². The maximum atomic E-state index is 12.6. The van der Waals surface area contributed by atoms with Crippen molar-refractivity contribution in [3.05, 3.63) is 54.6 Å². The minimum Gasteiger partial charge on any atom is -0.497 e. The molecule has 0 bridgehead atoms. The summed E-state index contributed by atoms with van der Waals surface area (Å²) in [5.41, 5.74) is 0.743. The van der Waals surface area contributed by atoms with Gasteiger partial charge in [-0.1, -0.05) is 18.2 Å². The lowest BCUT2D eigenvalue weighted by atomic mass is 10.2. The molecule has 2 aromatic rings. The number of ether oxygens (including phenoxy) is 2. The normalized spacial score (nSPS) is 17.0. The Hall–Kier alpha value is -2.73. The number of carbonyl (C=O) groups excluding carboxylic acids is 1. The van der Waals surface area contributed by atoms with Crippen LogP contribution in [-0.4, -0.2) is 50.3 Å². The molecular weight excluding hydrogens is 318 g/mol. The summed E-state index contributed by atoms with van der Waals surface area (Å²) < 4.78 is 11.0. The topological polar surface area (TPSA) is 62.8 Å². The first-order valence-electron chi connectivity index (χ1n) is 8.36. The Morgan fingerprint density at radius 1 is 1.16 bits per heavy atom. The van der Waals surface area contributed by atoms with Crippen molar-refractivity contribution in [2.75, 3.05) is 38.7 Å². The molecule has 0 radical (unpaired) electrons. The van der Waals surface area contributed by atoms with Crippen molar-refractivity contribution in [1.29, 1.82) is 0 Å². The number of hydrogen-bond donors (Lipinski definition) is 2. The average Bonchev–Trinajstić information content (AvgIpc) is 2.68. The molecule has 1 atom stereocenters. The zero-order valence-corrected chi connectivity index (χ0v) is 14.3. The first-order valence-corrected chi connectivity index (χ1v) is 8.36. The lowest BCUT2D eigenvalue weighted by molar-refractivity contribution is 0.133. The van der Waals surface area contributed by atoms with Gasteiger partial charge in [0, 0.05) is 25.3 Å². The molecule has 2 N–H and O–H groups in total. The Morgan fingerprint density at radius 2 is 1.92 bits per heavy atom. The van der Waals surface area contributed by atoms with Crippen LogP contribution in [0.5, 0.6) is 11.5 Å². The summed E-state index contributed by atoms with van der Waals surface area (Å²) in [5.74, 6) is 1.57. The van der Waals surface area contributed by atoms with Crippen molar-refractivity contribution in [3.63, 3.8) is 0 Å². The van der Waals surface area contributed by atoms with E-state index in [-0.39, 0.29) is 12.1 Å². The van der Waals surface area contributed by atoms with Crippen molar-refractivity contribution in [2.45, 2.75) is 6.04 Å². The lowest BCUT2D eigenvalue weighted by Crippen LogP contribution is -2.57. The Balaban J connectivity index is 1.60. The van der Waals surface area contributed by atoms with Gasteiger partial charge in [-0.15, -0.1) is 0 Å². The summed E-state index contributed by atoms with van der Waals surface area (Å²) in [5, 5.41) is 6.26. The van der Waals surface area contributed by atoms with Crippen molar-refractivity contribution in [2.24, 2.45) is 0 Å². The molecule has 25 heavy (non-hydrogen) atoms. The number of carbonyl (C=O) groups is 1. The predicted octanol–water partition coefficient (Wildman–Crippen LogP) is 2.58. The van der Waals surface area contributed by atoms with Crippen LogP contribution < -0.4 is 20.1 Å². The van der Waals surface area contributed by atoms with E-state index in [2.05, 4.69) is 10.6 Å². The Labute approximate surface area is 147 Å². The molecule has 0 spiro atoms. The van der Waals surface area contributed by atoms with Gasteiger partial charge < -0.3 is 25.0 Å². The van der Waals surface area contributed by atoms with Gasteiger partial charge in [0.15, 0.2) is 0 Å². The number of nitrogens with zero attached hydrogens (tertiary/aromatic N) is 1. The first-order chi connectivity index (χ1) is 12.3. The molecule has 2 aromatic carbocycles. The summed E-state index contributed by atoms with van der Waals surface area (Å²) in [6.45, 7) is 2.58. The molecule has 1 fully saturated rings. The van der Waals surface area contributed by atoms with E-state index in [1.165, 1.54) is 0 Å². The summed E-state index contributed by atoms with van der Waals surface area (Å²) in [6, 6.07) is 16.8. The van der Waals surface area contributed by atoms with Gasteiger partial charge in [-0.2, -0.15) is 0 Å². The Kier molecular flexibility index (Phi) is 5.74. The van der Waals surface area contributed by atoms with E-state index in [1.807, 2.05) is 59.5 Å². The highest BCUT2D eigenvalue weighted by atomic mass is 16.5. The van der Waals surface area contributed by atoms with E-state index in [9.17, 15) is 4.79 Å². The van der Waals surface area contributed by atoms with Crippen LogP contribution in [0.2, 0.25) is 0 Å². The highest BCUT2D eigenvalue weighted by Crippen LogP contribution is 2.17. The molecule has 6 heteroatoms. The number of anilines is 1.